The van der Waals surface area contributed by atoms with Crippen LogP contribution in [-0.2, 0) is 17.8 Å². The number of ether oxygens (including phenoxy) is 3. The van der Waals surface area contributed by atoms with Crippen LogP contribution < -0.4 is 9.47 Å². The highest BCUT2D eigenvalue weighted by Crippen LogP contribution is 2.33. The van der Waals surface area contributed by atoms with Crippen LogP contribution in [0.4, 0.5) is 0 Å². The van der Waals surface area contributed by atoms with E-state index in [1.54, 1.807) is 0 Å². The minimum Gasteiger partial charge on any atom is -0.454 e. The molecule has 2 aromatic rings. The lowest BCUT2D eigenvalue weighted by atomic mass is 10.1. The standard InChI is InChI=1S/C19H22N2O3/c1-2-16(9-20-6-1)11-21(12-17-5-7-22-13-17)10-15-3-4-18-19(8-15)24-14-23-18/h1-4,6,8-9,17H,5,7,10-14H2. The quantitative estimate of drug-likeness (QED) is 0.817. The largest absolute Gasteiger partial charge is 0.454 e. The Hall–Kier alpha value is -2.11. The van der Waals surface area contributed by atoms with Crippen LogP contribution in [0.25, 0.3) is 0 Å². The first-order chi connectivity index (χ1) is 11.9. The highest BCUT2D eigenvalue weighted by molar-refractivity contribution is 5.44. The SMILES string of the molecule is c1cncc(CN(Cc2ccc3c(c2)OCO3)CC2CCOC2)c1. The van der Waals surface area contributed by atoms with Crippen LogP contribution in [0.3, 0.4) is 0 Å². The molecule has 1 aromatic carbocycles. The van der Waals surface area contributed by atoms with Crippen molar-refractivity contribution >= 4 is 0 Å². The fourth-order valence-electron chi connectivity index (χ4n) is 3.32. The molecule has 2 aliphatic rings. The molecule has 5 heteroatoms. The Labute approximate surface area is 142 Å². The molecular formula is C19H22N2O3. The third kappa shape index (κ3) is 3.68. The topological polar surface area (TPSA) is 43.8 Å². The van der Waals surface area contributed by atoms with E-state index in [0.29, 0.717) is 12.7 Å². The van der Waals surface area contributed by atoms with Gasteiger partial charge in [0.1, 0.15) is 0 Å². The van der Waals surface area contributed by atoms with Gasteiger partial charge in [0.15, 0.2) is 11.5 Å². The molecule has 0 spiro atoms. The van der Waals surface area contributed by atoms with Crippen molar-refractivity contribution in [2.75, 3.05) is 26.6 Å². The summed E-state index contributed by atoms with van der Waals surface area (Å²) < 4.78 is 16.4. The van der Waals surface area contributed by atoms with Gasteiger partial charge in [-0.25, -0.2) is 0 Å². The van der Waals surface area contributed by atoms with Crippen molar-refractivity contribution in [2.24, 2.45) is 5.92 Å². The molecule has 1 atom stereocenters. The minimum atomic E-state index is 0.317. The van der Waals surface area contributed by atoms with Crippen molar-refractivity contribution in [1.82, 2.24) is 9.88 Å². The molecule has 1 fully saturated rings. The zero-order valence-corrected chi connectivity index (χ0v) is 13.7. The predicted molar refractivity (Wildman–Crippen MR) is 89.8 cm³/mol. The van der Waals surface area contributed by atoms with E-state index in [4.69, 9.17) is 14.2 Å². The van der Waals surface area contributed by atoms with Crippen molar-refractivity contribution in [2.45, 2.75) is 19.5 Å². The molecule has 1 saturated heterocycles. The summed E-state index contributed by atoms with van der Waals surface area (Å²) in [6, 6.07) is 10.3. The number of aromatic nitrogens is 1. The molecule has 0 amide bonds. The summed E-state index contributed by atoms with van der Waals surface area (Å²) in [7, 11) is 0. The molecule has 126 valence electrons. The van der Waals surface area contributed by atoms with E-state index in [1.165, 1.54) is 11.1 Å². The highest BCUT2D eigenvalue weighted by Gasteiger charge is 2.21. The highest BCUT2D eigenvalue weighted by atomic mass is 16.7. The van der Waals surface area contributed by atoms with Gasteiger partial charge in [0.25, 0.3) is 0 Å². The summed E-state index contributed by atoms with van der Waals surface area (Å²) in [5, 5.41) is 0. The second kappa shape index (κ2) is 7.20. The molecule has 1 aromatic heterocycles. The summed E-state index contributed by atoms with van der Waals surface area (Å²) >= 11 is 0. The zero-order chi connectivity index (χ0) is 16.2. The van der Waals surface area contributed by atoms with Crippen molar-refractivity contribution in [3.63, 3.8) is 0 Å². The van der Waals surface area contributed by atoms with Crippen LogP contribution in [0.2, 0.25) is 0 Å². The minimum absolute atomic E-state index is 0.317. The van der Waals surface area contributed by atoms with E-state index in [1.807, 2.05) is 24.5 Å². The summed E-state index contributed by atoms with van der Waals surface area (Å²) in [6.45, 7) is 4.86. The van der Waals surface area contributed by atoms with Crippen LogP contribution in [0.15, 0.2) is 42.7 Å². The van der Waals surface area contributed by atoms with E-state index in [0.717, 1.165) is 50.8 Å². The smallest absolute Gasteiger partial charge is 0.231 e. The monoisotopic (exact) mass is 326 g/mol. The second-order valence-corrected chi connectivity index (χ2v) is 6.45. The molecule has 5 nitrogen and oxygen atoms in total. The lowest BCUT2D eigenvalue weighted by Gasteiger charge is -2.25. The van der Waals surface area contributed by atoms with Gasteiger partial charge in [-0.3, -0.25) is 9.88 Å². The molecule has 2 aliphatic heterocycles. The first kappa shape index (κ1) is 15.4. The lowest BCUT2D eigenvalue weighted by Crippen LogP contribution is -2.29. The van der Waals surface area contributed by atoms with Gasteiger partial charge in [-0.05, 0) is 41.7 Å². The van der Waals surface area contributed by atoms with Crippen molar-refractivity contribution < 1.29 is 14.2 Å². The van der Waals surface area contributed by atoms with Crippen LogP contribution >= 0.6 is 0 Å². The fourth-order valence-corrected chi connectivity index (χ4v) is 3.32. The maximum Gasteiger partial charge on any atom is 0.231 e. The third-order valence-electron chi connectivity index (χ3n) is 4.51. The Morgan fingerprint density at radius 1 is 1.08 bits per heavy atom. The molecule has 3 heterocycles. The van der Waals surface area contributed by atoms with Gasteiger partial charge in [0, 0.05) is 38.6 Å². The Morgan fingerprint density at radius 2 is 2.00 bits per heavy atom. The number of rotatable bonds is 6. The Bertz CT molecular complexity index is 672. The number of fused-ring (bicyclic) bond motifs is 1. The molecule has 0 bridgehead atoms. The normalized spacial score (nSPS) is 19.1. The molecule has 0 saturated carbocycles. The van der Waals surface area contributed by atoms with Crippen LogP contribution in [0.1, 0.15) is 17.5 Å². The van der Waals surface area contributed by atoms with Crippen molar-refractivity contribution in [3.05, 3.63) is 53.9 Å². The molecular weight excluding hydrogens is 304 g/mol. The maximum atomic E-state index is 5.54. The predicted octanol–water partition coefficient (Wildman–Crippen LogP) is 2.85. The van der Waals surface area contributed by atoms with E-state index in [-0.39, 0.29) is 0 Å². The van der Waals surface area contributed by atoms with Gasteiger partial charge in [-0.2, -0.15) is 0 Å². The van der Waals surface area contributed by atoms with Crippen molar-refractivity contribution in [1.29, 1.82) is 0 Å². The van der Waals surface area contributed by atoms with Gasteiger partial charge >= 0.3 is 0 Å². The molecule has 24 heavy (non-hydrogen) atoms. The third-order valence-corrected chi connectivity index (χ3v) is 4.51. The summed E-state index contributed by atoms with van der Waals surface area (Å²) in [5.74, 6) is 2.29. The van der Waals surface area contributed by atoms with Gasteiger partial charge in [0.05, 0.1) is 6.61 Å². The lowest BCUT2D eigenvalue weighted by molar-refractivity contribution is 0.161. The van der Waals surface area contributed by atoms with Crippen LogP contribution in [0, 0.1) is 5.92 Å². The number of nitrogens with zero attached hydrogens (tertiary/aromatic N) is 2. The van der Waals surface area contributed by atoms with Crippen LogP contribution in [-0.4, -0.2) is 36.4 Å². The summed E-state index contributed by atoms with van der Waals surface area (Å²) in [6.07, 6.45) is 4.90. The molecule has 0 aliphatic carbocycles. The summed E-state index contributed by atoms with van der Waals surface area (Å²) in [4.78, 5) is 6.70. The molecule has 4 rings (SSSR count). The van der Waals surface area contributed by atoms with Gasteiger partial charge in [-0.15, -0.1) is 0 Å². The fraction of sp³-hybridized carbons (Fsp3) is 0.421. The molecule has 0 radical (unpaired) electrons. The first-order valence-corrected chi connectivity index (χ1v) is 8.44. The number of pyridine rings is 1. The summed E-state index contributed by atoms with van der Waals surface area (Å²) in [5.41, 5.74) is 2.47. The number of benzene rings is 1. The average molecular weight is 326 g/mol. The molecule has 0 N–H and O–H groups in total. The average Bonchev–Trinajstić information content (AvgIpc) is 3.27. The van der Waals surface area contributed by atoms with Crippen molar-refractivity contribution in [3.8, 4) is 11.5 Å². The van der Waals surface area contributed by atoms with Crippen LogP contribution in [0.5, 0.6) is 11.5 Å². The van der Waals surface area contributed by atoms with Gasteiger partial charge in [-0.1, -0.05) is 12.1 Å². The maximum absolute atomic E-state index is 5.54. The van der Waals surface area contributed by atoms with E-state index in [9.17, 15) is 0 Å². The first-order valence-electron chi connectivity index (χ1n) is 8.44. The Morgan fingerprint density at radius 3 is 2.83 bits per heavy atom. The zero-order valence-electron chi connectivity index (χ0n) is 13.7. The van der Waals surface area contributed by atoms with Gasteiger partial charge < -0.3 is 14.2 Å². The second-order valence-electron chi connectivity index (χ2n) is 6.45. The van der Waals surface area contributed by atoms with Gasteiger partial charge in [0.2, 0.25) is 6.79 Å². The molecule has 1 unspecified atom stereocenters. The van der Waals surface area contributed by atoms with E-state index in [2.05, 4.69) is 28.1 Å². The van der Waals surface area contributed by atoms with E-state index < -0.39 is 0 Å². The number of hydrogen-bond donors (Lipinski definition) is 0. The number of hydrogen-bond acceptors (Lipinski definition) is 5. The Balaban J connectivity index is 1.48. The Kier molecular flexibility index (Phi) is 4.62. The van der Waals surface area contributed by atoms with E-state index >= 15 is 0 Å².